The van der Waals surface area contributed by atoms with Crippen molar-refractivity contribution in [2.45, 2.75) is 27.3 Å². The number of ether oxygens (including phenoxy) is 1. The summed E-state index contributed by atoms with van der Waals surface area (Å²) in [5, 5.41) is 12.6. The van der Waals surface area contributed by atoms with Crippen LogP contribution in [0.5, 0.6) is 5.75 Å². The normalized spacial score (nSPS) is 13.6. The van der Waals surface area contributed by atoms with Gasteiger partial charge in [0.15, 0.2) is 5.11 Å². The van der Waals surface area contributed by atoms with Gasteiger partial charge in [0.1, 0.15) is 17.0 Å². The zero-order chi connectivity index (χ0) is 27.4. The monoisotopic (exact) mass is 538 g/mol. The maximum absolute atomic E-state index is 12.8. The van der Waals surface area contributed by atoms with Crippen LogP contribution < -0.4 is 20.4 Å². The summed E-state index contributed by atoms with van der Waals surface area (Å²) in [7, 11) is 0. The molecule has 1 aromatic carbocycles. The van der Waals surface area contributed by atoms with E-state index in [4.69, 9.17) is 17.0 Å². The summed E-state index contributed by atoms with van der Waals surface area (Å²) < 4.78 is 7.35. The number of aromatic nitrogens is 3. The molecule has 0 aliphatic carbocycles. The fraction of sp³-hybridized carbons (Fsp3) is 0.385. The number of carbonyl (C=O) groups excluding carboxylic acids is 1. The number of carboxylic acids is 1. The number of thiocarbonyl (C=S) groups is 1. The van der Waals surface area contributed by atoms with Gasteiger partial charge in [0.05, 0.1) is 12.0 Å². The van der Waals surface area contributed by atoms with E-state index in [1.807, 2.05) is 22.8 Å². The smallest absolute Gasteiger partial charge is 0.341 e. The van der Waals surface area contributed by atoms with Crippen molar-refractivity contribution in [2.24, 2.45) is 5.92 Å². The van der Waals surface area contributed by atoms with Crippen LogP contribution >= 0.6 is 12.2 Å². The Morgan fingerprint density at radius 2 is 1.95 bits per heavy atom. The molecule has 200 valence electrons. The van der Waals surface area contributed by atoms with E-state index in [1.54, 1.807) is 22.8 Å². The number of nitrogens with zero attached hydrogens (tertiary/aromatic N) is 5. The lowest BCUT2D eigenvalue weighted by atomic mass is 10.2. The van der Waals surface area contributed by atoms with Crippen molar-refractivity contribution in [2.75, 3.05) is 37.7 Å². The van der Waals surface area contributed by atoms with Crippen LogP contribution in [0.3, 0.4) is 0 Å². The minimum atomic E-state index is -1.28. The van der Waals surface area contributed by atoms with Gasteiger partial charge < -0.3 is 24.2 Å². The van der Waals surface area contributed by atoms with Crippen molar-refractivity contribution in [1.82, 2.24) is 24.8 Å². The van der Waals surface area contributed by atoms with Gasteiger partial charge in [0.25, 0.3) is 5.91 Å². The van der Waals surface area contributed by atoms with Gasteiger partial charge in [-0.3, -0.25) is 14.9 Å². The Hall–Kier alpha value is -4.06. The molecule has 0 saturated carbocycles. The van der Waals surface area contributed by atoms with Gasteiger partial charge >= 0.3 is 5.97 Å². The van der Waals surface area contributed by atoms with Gasteiger partial charge in [-0.15, -0.1) is 0 Å². The number of amides is 1. The molecule has 2 aromatic heterocycles. The highest BCUT2D eigenvalue weighted by Gasteiger charge is 2.23. The van der Waals surface area contributed by atoms with E-state index in [1.165, 1.54) is 12.4 Å². The standard InChI is InChI=1S/C26H30N6O5S/c1-4-30-14-20(24(35)36)21(33)19-13-27-25(28-22(19)30)31-8-10-32(11-9-31)26(38)29-23(34)17-6-5-7-18(12-17)37-15-16(2)3/h5-7,12-14,16H,4,8-11,15H2,1-3H3,(H,35,36)(H,29,34,38). The highest BCUT2D eigenvalue weighted by molar-refractivity contribution is 7.80. The maximum Gasteiger partial charge on any atom is 0.341 e. The molecular weight excluding hydrogens is 508 g/mol. The Balaban J connectivity index is 1.40. The summed E-state index contributed by atoms with van der Waals surface area (Å²) in [5.41, 5.74) is -0.0662. The van der Waals surface area contributed by atoms with Gasteiger partial charge in [-0.25, -0.2) is 9.78 Å². The van der Waals surface area contributed by atoms with E-state index in [9.17, 15) is 19.5 Å². The van der Waals surface area contributed by atoms with Gasteiger partial charge in [-0.05, 0) is 43.3 Å². The minimum absolute atomic E-state index is 0.164. The molecule has 12 heteroatoms. The quantitative estimate of drug-likeness (QED) is 0.433. The molecule has 0 atom stereocenters. The number of benzene rings is 1. The molecule has 0 bridgehead atoms. The van der Waals surface area contributed by atoms with Crippen molar-refractivity contribution in [3.63, 3.8) is 0 Å². The molecule has 1 amide bonds. The minimum Gasteiger partial charge on any atom is -0.493 e. The van der Waals surface area contributed by atoms with Crippen molar-refractivity contribution in [3.05, 3.63) is 58.0 Å². The van der Waals surface area contributed by atoms with Crippen molar-refractivity contribution < 1.29 is 19.4 Å². The van der Waals surface area contributed by atoms with E-state index in [-0.39, 0.29) is 16.9 Å². The number of fused-ring (bicyclic) bond motifs is 1. The molecule has 1 fully saturated rings. The summed E-state index contributed by atoms with van der Waals surface area (Å²) in [4.78, 5) is 49.6. The Labute approximate surface area is 225 Å². The fourth-order valence-corrected chi connectivity index (χ4v) is 4.33. The first-order valence-electron chi connectivity index (χ1n) is 12.4. The number of nitrogens with one attached hydrogen (secondary N) is 1. The Kier molecular flexibility index (Phi) is 8.20. The fourth-order valence-electron chi connectivity index (χ4n) is 4.06. The molecular formula is C26H30N6O5S. The van der Waals surface area contributed by atoms with Crippen LogP contribution in [-0.4, -0.2) is 74.3 Å². The molecule has 1 aliphatic rings. The van der Waals surface area contributed by atoms with Crippen LogP contribution in [0.4, 0.5) is 5.95 Å². The molecule has 3 heterocycles. The number of pyridine rings is 1. The van der Waals surface area contributed by atoms with Crippen LogP contribution in [0.15, 0.2) is 41.5 Å². The van der Waals surface area contributed by atoms with Crippen molar-refractivity contribution in [3.8, 4) is 5.75 Å². The van der Waals surface area contributed by atoms with Crippen molar-refractivity contribution >= 4 is 46.2 Å². The third-order valence-corrected chi connectivity index (χ3v) is 6.48. The lowest BCUT2D eigenvalue weighted by Crippen LogP contribution is -2.53. The number of aromatic carboxylic acids is 1. The average Bonchev–Trinajstić information content (AvgIpc) is 2.92. The van der Waals surface area contributed by atoms with Gasteiger partial charge in [0, 0.05) is 50.7 Å². The number of rotatable bonds is 7. The molecule has 2 N–H and O–H groups in total. The second-order valence-electron chi connectivity index (χ2n) is 9.34. The number of hydrogen-bond acceptors (Lipinski definition) is 8. The summed E-state index contributed by atoms with van der Waals surface area (Å²) in [5.74, 6) is -0.137. The molecule has 0 radical (unpaired) electrons. The van der Waals surface area contributed by atoms with Crippen molar-refractivity contribution in [1.29, 1.82) is 0 Å². The molecule has 0 unspecified atom stereocenters. The second kappa shape index (κ2) is 11.5. The van der Waals surface area contributed by atoms with E-state index in [2.05, 4.69) is 29.1 Å². The van der Waals surface area contributed by atoms with Crippen LogP contribution in [-0.2, 0) is 6.54 Å². The summed E-state index contributed by atoms with van der Waals surface area (Å²) >= 11 is 5.49. The SMILES string of the molecule is CCn1cc(C(=O)O)c(=O)c2cnc(N3CCN(C(=S)NC(=O)c4cccc(OCC(C)C)c4)CC3)nc21. The van der Waals surface area contributed by atoms with Crippen LogP contribution in [0, 0.1) is 5.92 Å². The number of hydrogen-bond donors (Lipinski definition) is 2. The van der Waals surface area contributed by atoms with E-state index in [0.29, 0.717) is 73.3 Å². The Morgan fingerprint density at radius 3 is 2.61 bits per heavy atom. The molecule has 1 aliphatic heterocycles. The number of anilines is 1. The number of carbonyl (C=O) groups is 2. The zero-order valence-electron chi connectivity index (χ0n) is 21.5. The molecule has 4 rings (SSSR count). The van der Waals surface area contributed by atoms with Crippen LogP contribution in [0.2, 0.25) is 0 Å². The maximum atomic E-state index is 12.8. The number of aryl methyl sites for hydroxylation is 1. The number of carboxylic acid groups (broad SMARTS) is 1. The molecule has 1 saturated heterocycles. The zero-order valence-corrected chi connectivity index (χ0v) is 22.3. The van der Waals surface area contributed by atoms with Gasteiger partial charge in [-0.2, -0.15) is 4.98 Å². The molecule has 3 aromatic rings. The Bertz CT molecular complexity index is 1430. The van der Waals surface area contributed by atoms with Gasteiger partial charge in [0.2, 0.25) is 11.4 Å². The first kappa shape index (κ1) is 27.0. The average molecular weight is 539 g/mol. The first-order chi connectivity index (χ1) is 18.2. The van der Waals surface area contributed by atoms with Crippen LogP contribution in [0.1, 0.15) is 41.5 Å². The largest absolute Gasteiger partial charge is 0.493 e. The topological polar surface area (TPSA) is 130 Å². The highest BCUT2D eigenvalue weighted by Crippen LogP contribution is 2.17. The molecule has 38 heavy (non-hydrogen) atoms. The second-order valence-corrected chi connectivity index (χ2v) is 9.72. The molecule has 0 spiro atoms. The van der Waals surface area contributed by atoms with Crippen LogP contribution in [0.25, 0.3) is 11.0 Å². The third-order valence-electron chi connectivity index (χ3n) is 6.12. The summed E-state index contributed by atoms with van der Waals surface area (Å²) in [6.07, 6.45) is 2.70. The predicted molar refractivity (Wildman–Crippen MR) is 147 cm³/mol. The first-order valence-corrected chi connectivity index (χ1v) is 12.8. The highest BCUT2D eigenvalue weighted by atomic mass is 32.1. The summed E-state index contributed by atoms with van der Waals surface area (Å²) in [6, 6.07) is 7.00. The lowest BCUT2D eigenvalue weighted by molar-refractivity contribution is 0.0694. The third kappa shape index (κ3) is 5.91. The van der Waals surface area contributed by atoms with E-state index in [0.717, 1.165) is 0 Å². The van der Waals surface area contributed by atoms with E-state index < -0.39 is 11.4 Å². The molecule has 11 nitrogen and oxygen atoms in total. The summed E-state index contributed by atoms with van der Waals surface area (Å²) in [6.45, 7) is 9.14. The Morgan fingerprint density at radius 1 is 1.21 bits per heavy atom. The lowest BCUT2D eigenvalue weighted by Gasteiger charge is -2.36. The predicted octanol–water partition coefficient (Wildman–Crippen LogP) is 2.38. The van der Waals surface area contributed by atoms with Gasteiger partial charge in [-0.1, -0.05) is 19.9 Å². The van der Waals surface area contributed by atoms with E-state index >= 15 is 0 Å². The number of piperazine rings is 1.